The van der Waals surface area contributed by atoms with E-state index in [2.05, 4.69) is 17.0 Å². The summed E-state index contributed by atoms with van der Waals surface area (Å²) in [6.07, 6.45) is 5.06. The lowest BCUT2D eigenvalue weighted by Gasteiger charge is -2.18. The predicted molar refractivity (Wildman–Crippen MR) is 123 cm³/mol. The minimum atomic E-state index is -2.92. The van der Waals surface area contributed by atoms with Crippen LogP contribution in [0.15, 0.2) is 30.3 Å². The molecule has 0 radical (unpaired) electrons. The van der Waals surface area contributed by atoms with E-state index < -0.39 is 31.1 Å². The molecular weight excluding hydrogens is 468 g/mol. The molecule has 1 heterocycles. The van der Waals surface area contributed by atoms with Crippen LogP contribution in [0.2, 0.25) is 0 Å². The molecule has 0 unspecified atom stereocenters. The van der Waals surface area contributed by atoms with E-state index in [9.17, 15) is 23.2 Å². The minimum absolute atomic E-state index is 0.00157. The van der Waals surface area contributed by atoms with Gasteiger partial charge in [0.05, 0.1) is 12.2 Å². The molecule has 34 heavy (non-hydrogen) atoms. The van der Waals surface area contributed by atoms with Crippen LogP contribution in [-0.2, 0) is 31.9 Å². The van der Waals surface area contributed by atoms with Crippen molar-refractivity contribution >= 4 is 40.3 Å². The second-order valence-electron chi connectivity index (χ2n) is 7.71. The number of amides is 1. The molecule has 0 fully saturated rings. The van der Waals surface area contributed by atoms with E-state index in [1.165, 1.54) is 41.7 Å². The van der Waals surface area contributed by atoms with Crippen LogP contribution < -0.4 is 10.1 Å². The van der Waals surface area contributed by atoms with Crippen molar-refractivity contribution in [3.8, 4) is 5.75 Å². The van der Waals surface area contributed by atoms with Crippen LogP contribution in [0.1, 0.15) is 46.6 Å². The second kappa shape index (κ2) is 11.7. The Labute approximate surface area is 199 Å². The first-order chi connectivity index (χ1) is 16.3. The highest BCUT2D eigenvalue weighted by Crippen LogP contribution is 2.40. The normalized spacial score (nSPS) is 15.1. The lowest BCUT2D eigenvalue weighted by Crippen LogP contribution is -2.21. The van der Waals surface area contributed by atoms with Crippen molar-refractivity contribution in [3.63, 3.8) is 0 Å². The molecule has 10 heteroatoms. The number of anilines is 1. The van der Waals surface area contributed by atoms with Crippen LogP contribution in [0, 0.1) is 5.92 Å². The van der Waals surface area contributed by atoms with Crippen LogP contribution in [0.5, 0.6) is 5.75 Å². The van der Waals surface area contributed by atoms with Gasteiger partial charge in [0.1, 0.15) is 10.8 Å². The van der Waals surface area contributed by atoms with Gasteiger partial charge in [0.15, 0.2) is 6.61 Å². The van der Waals surface area contributed by atoms with Crippen molar-refractivity contribution in [2.75, 3.05) is 18.5 Å². The number of esters is 2. The van der Waals surface area contributed by atoms with E-state index in [4.69, 9.17) is 9.47 Å². The predicted octanol–water partition coefficient (Wildman–Crippen LogP) is 4.85. The maximum atomic E-state index is 12.5. The maximum Gasteiger partial charge on any atom is 0.387 e. The first-order valence-electron chi connectivity index (χ1n) is 10.8. The number of hydrogen-bond donors (Lipinski definition) is 1. The van der Waals surface area contributed by atoms with Gasteiger partial charge in [-0.05, 0) is 61.4 Å². The first kappa shape index (κ1) is 25.4. The number of ether oxygens (including phenoxy) is 3. The Morgan fingerprint density at radius 3 is 2.62 bits per heavy atom. The Morgan fingerprint density at radius 2 is 1.94 bits per heavy atom. The lowest BCUT2D eigenvalue weighted by molar-refractivity contribution is -0.142. The fraction of sp³-hybridized carbons (Fsp3) is 0.375. The number of hydrogen-bond acceptors (Lipinski definition) is 7. The molecule has 1 aliphatic carbocycles. The molecule has 0 bridgehead atoms. The van der Waals surface area contributed by atoms with Crippen LogP contribution in [0.25, 0.3) is 6.08 Å². The third-order valence-corrected chi connectivity index (χ3v) is 6.28. The number of carbonyl (C=O) groups excluding carboxylic acids is 3. The summed E-state index contributed by atoms with van der Waals surface area (Å²) < 4.78 is 38.8. The van der Waals surface area contributed by atoms with E-state index in [0.29, 0.717) is 22.0 Å². The Morgan fingerprint density at radius 1 is 1.21 bits per heavy atom. The number of rotatable bonds is 9. The number of nitrogens with one attached hydrogen (secondary N) is 1. The van der Waals surface area contributed by atoms with Crippen molar-refractivity contribution in [3.05, 3.63) is 51.9 Å². The summed E-state index contributed by atoms with van der Waals surface area (Å²) in [4.78, 5) is 37.9. The summed E-state index contributed by atoms with van der Waals surface area (Å²) in [6, 6.07) is 5.66. The fourth-order valence-electron chi connectivity index (χ4n) is 3.53. The van der Waals surface area contributed by atoms with E-state index >= 15 is 0 Å². The highest BCUT2D eigenvalue weighted by Gasteiger charge is 2.29. The zero-order valence-electron chi connectivity index (χ0n) is 18.8. The fourth-order valence-corrected chi connectivity index (χ4v) is 4.95. The molecule has 0 saturated heterocycles. The largest absolute Gasteiger partial charge is 0.462 e. The van der Waals surface area contributed by atoms with Crippen molar-refractivity contribution in [2.45, 2.75) is 39.7 Å². The van der Waals surface area contributed by atoms with Crippen molar-refractivity contribution in [2.24, 2.45) is 5.92 Å². The summed E-state index contributed by atoms with van der Waals surface area (Å²) in [5.74, 6) is -1.32. The number of benzene rings is 1. The highest BCUT2D eigenvalue weighted by molar-refractivity contribution is 7.17. The number of halogens is 2. The Bertz CT molecular complexity index is 1060. The molecule has 1 N–H and O–H groups in total. The SMILES string of the molecule is CCOC(=O)c1c(NC(=O)COC(=O)/C=C/c2ccc(OC(F)F)cc2)sc2c1CC[C@@H](C)C2. The number of fused-ring (bicyclic) bond motifs is 1. The number of alkyl halides is 2. The quantitative estimate of drug-likeness (QED) is 0.397. The van der Waals surface area contributed by atoms with Gasteiger partial charge in [-0.3, -0.25) is 4.79 Å². The third kappa shape index (κ3) is 6.86. The smallest absolute Gasteiger partial charge is 0.387 e. The summed E-state index contributed by atoms with van der Waals surface area (Å²) >= 11 is 1.35. The van der Waals surface area contributed by atoms with Gasteiger partial charge < -0.3 is 19.5 Å². The van der Waals surface area contributed by atoms with Gasteiger partial charge in [0, 0.05) is 11.0 Å². The molecule has 0 saturated carbocycles. The van der Waals surface area contributed by atoms with E-state index in [0.717, 1.165) is 35.8 Å². The molecule has 1 atom stereocenters. The van der Waals surface area contributed by atoms with Crippen LogP contribution >= 0.6 is 11.3 Å². The van der Waals surface area contributed by atoms with Crippen molar-refractivity contribution in [1.82, 2.24) is 0 Å². The number of thiophene rings is 1. The van der Waals surface area contributed by atoms with Crippen LogP contribution in [-0.4, -0.2) is 37.7 Å². The number of carbonyl (C=O) groups is 3. The average Bonchev–Trinajstić information content (AvgIpc) is 3.13. The van der Waals surface area contributed by atoms with Gasteiger partial charge in [0.25, 0.3) is 5.91 Å². The molecule has 7 nitrogen and oxygen atoms in total. The molecule has 0 spiro atoms. The summed E-state index contributed by atoms with van der Waals surface area (Å²) in [6.45, 7) is 0.628. The van der Waals surface area contributed by atoms with E-state index in [-0.39, 0.29) is 12.4 Å². The Balaban J connectivity index is 1.58. The van der Waals surface area contributed by atoms with Gasteiger partial charge in [-0.1, -0.05) is 19.1 Å². The molecule has 1 aliphatic rings. The van der Waals surface area contributed by atoms with E-state index in [1.807, 2.05) is 0 Å². The van der Waals surface area contributed by atoms with E-state index in [1.54, 1.807) is 6.92 Å². The topological polar surface area (TPSA) is 90.9 Å². The molecule has 1 amide bonds. The minimum Gasteiger partial charge on any atom is -0.462 e. The van der Waals surface area contributed by atoms with Crippen LogP contribution in [0.3, 0.4) is 0 Å². The first-order valence-corrected chi connectivity index (χ1v) is 11.6. The zero-order valence-corrected chi connectivity index (χ0v) is 19.6. The summed E-state index contributed by atoms with van der Waals surface area (Å²) in [5.41, 5.74) is 1.86. The maximum absolute atomic E-state index is 12.5. The second-order valence-corrected chi connectivity index (χ2v) is 8.82. The molecule has 0 aliphatic heterocycles. The van der Waals surface area contributed by atoms with Gasteiger partial charge in [-0.25, -0.2) is 9.59 Å². The van der Waals surface area contributed by atoms with Crippen molar-refractivity contribution < 1.29 is 37.4 Å². The van der Waals surface area contributed by atoms with Gasteiger partial charge in [-0.15, -0.1) is 11.3 Å². The lowest BCUT2D eigenvalue weighted by atomic mass is 9.88. The standard InChI is InChI=1S/C24H25F2NO6S/c1-3-31-23(30)21-17-10-4-14(2)12-18(17)34-22(21)27-19(28)13-32-20(29)11-7-15-5-8-16(9-6-15)33-24(25)26/h5-9,11,14,24H,3-4,10,12-13H2,1-2H3,(H,27,28)/b11-7+/t14-/m1/s1. The Kier molecular flexibility index (Phi) is 8.75. The molecule has 1 aromatic carbocycles. The van der Waals surface area contributed by atoms with Gasteiger partial charge >= 0.3 is 18.6 Å². The summed E-state index contributed by atoms with van der Waals surface area (Å²) in [7, 11) is 0. The molecule has 3 rings (SSSR count). The molecule has 1 aromatic heterocycles. The monoisotopic (exact) mass is 493 g/mol. The van der Waals surface area contributed by atoms with Crippen LogP contribution in [0.4, 0.5) is 13.8 Å². The third-order valence-electron chi connectivity index (χ3n) is 5.11. The molecule has 2 aromatic rings. The average molecular weight is 494 g/mol. The molecule has 182 valence electrons. The zero-order chi connectivity index (χ0) is 24.7. The highest BCUT2D eigenvalue weighted by atomic mass is 32.1. The van der Waals surface area contributed by atoms with Crippen molar-refractivity contribution in [1.29, 1.82) is 0 Å². The summed E-state index contributed by atoms with van der Waals surface area (Å²) in [5, 5.41) is 3.08. The Hall–Kier alpha value is -3.27. The van der Waals surface area contributed by atoms with Gasteiger partial charge in [0.2, 0.25) is 0 Å². The van der Waals surface area contributed by atoms with Gasteiger partial charge in [-0.2, -0.15) is 8.78 Å². The molecular formula is C24H25F2NO6S.